The van der Waals surface area contributed by atoms with Crippen molar-refractivity contribution in [2.24, 2.45) is 11.8 Å². The number of carbonyl (C=O) groups excluding carboxylic acids is 1. The SMILES string of the molecule is Cc1cc(N2CC3CN(C(=O)c4ccc5nccnc5c4)CC3C2)ncn1. The van der Waals surface area contributed by atoms with Crippen molar-refractivity contribution in [2.75, 3.05) is 31.1 Å². The van der Waals surface area contributed by atoms with Gasteiger partial charge in [-0.25, -0.2) is 9.97 Å². The van der Waals surface area contributed by atoms with E-state index in [0.29, 0.717) is 17.4 Å². The van der Waals surface area contributed by atoms with Crippen molar-refractivity contribution in [1.29, 1.82) is 0 Å². The first-order valence-corrected chi connectivity index (χ1v) is 9.21. The Balaban J connectivity index is 1.30. The number of amides is 1. The van der Waals surface area contributed by atoms with Gasteiger partial charge in [-0.2, -0.15) is 0 Å². The van der Waals surface area contributed by atoms with Crippen molar-refractivity contribution >= 4 is 22.8 Å². The second-order valence-electron chi connectivity index (χ2n) is 7.41. The molecule has 27 heavy (non-hydrogen) atoms. The van der Waals surface area contributed by atoms with Crippen LogP contribution < -0.4 is 4.90 Å². The molecule has 0 spiro atoms. The zero-order valence-corrected chi connectivity index (χ0v) is 15.1. The van der Waals surface area contributed by atoms with Crippen LogP contribution >= 0.6 is 0 Å². The molecule has 0 N–H and O–H groups in total. The maximum Gasteiger partial charge on any atom is 0.253 e. The highest BCUT2D eigenvalue weighted by molar-refractivity contribution is 5.97. The molecule has 3 aromatic rings. The van der Waals surface area contributed by atoms with Gasteiger partial charge in [-0.05, 0) is 25.1 Å². The lowest BCUT2D eigenvalue weighted by Gasteiger charge is -2.22. The predicted octanol–water partition coefficient (Wildman–Crippen LogP) is 1.94. The highest BCUT2D eigenvalue weighted by atomic mass is 16.2. The topological polar surface area (TPSA) is 75.1 Å². The zero-order chi connectivity index (χ0) is 18.4. The van der Waals surface area contributed by atoms with Crippen LogP contribution in [0.5, 0.6) is 0 Å². The van der Waals surface area contributed by atoms with Gasteiger partial charge in [0.1, 0.15) is 12.1 Å². The number of fused-ring (bicyclic) bond motifs is 2. The quantitative estimate of drug-likeness (QED) is 0.695. The first-order valence-electron chi connectivity index (χ1n) is 9.21. The number of benzene rings is 1. The highest BCUT2D eigenvalue weighted by Gasteiger charge is 2.42. The Morgan fingerprint density at radius 1 is 0.926 bits per heavy atom. The summed E-state index contributed by atoms with van der Waals surface area (Å²) in [6, 6.07) is 7.59. The second kappa shape index (κ2) is 6.26. The first-order chi connectivity index (χ1) is 13.2. The smallest absolute Gasteiger partial charge is 0.253 e. The van der Waals surface area contributed by atoms with Crippen molar-refractivity contribution < 1.29 is 4.79 Å². The zero-order valence-electron chi connectivity index (χ0n) is 15.1. The van der Waals surface area contributed by atoms with Gasteiger partial charge in [0.25, 0.3) is 5.91 Å². The molecule has 2 unspecified atom stereocenters. The number of aromatic nitrogens is 4. The van der Waals surface area contributed by atoms with E-state index in [-0.39, 0.29) is 5.91 Å². The van der Waals surface area contributed by atoms with Crippen molar-refractivity contribution in [3.63, 3.8) is 0 Å². The van der Waals surface area contributed by atoms with E-state index in [9.17, 15) is 4.79 Å². The van der Waals surface area contributed by atoms with E-state index in [1.807, 2.05) is 36.1 Å². The number of aryl methyl sites for hydroxylation is 1. The summed E-state index contributed by atoms with van der Waals surface area (Å²) >= 11 is 0. The van der Waals surface area contributed by atoms with Crippen LogP contribution in [-0.4, -0.2) is 56.9 Å². The van der Waals surface area contributed by atoms with E-state index in [2.05, 4.69) is 24.8 Å². The molecule has 0 bridgehead atoms. The molecule has 2 fully saturated rings. The average molecular weight is 360 g/mol. The van der Waals surface area contributed by atoms with E-state index in [1.54, 1.807) is 18.7 Å². The lowest BCUT2D eigenvalue weighted by molar-refractivity contribution is 0.0782. The Kier molecular flexibility index (Phi) is 3.74. The maximum atomic E-state index is 13.0. The molecule has 0 saturated carbocycles. The largest absolute Gasteiger partial charge is 0.356 e. The molecule has 2 aliphatic rings. The van der Waals surface area contributed by atoms with Crippen molar-refractivity contribution in [3.05, 3.63) is 54.2 Å². The summed E-state index contributed by atoms with van der Waals surface area (Å²) in [5.41, 5.74) is 3.23. The molecular weight excluding hydrogens is 340 g/mol. The summed E-state index contributed by atoms with van der Waals surface area (Å²) in [7, 11) is 0. The third-order valence-electron chi connectivity index (χ3n) is 5.60. The van der Waals surface area contributed by atoms with Crippen LogP contribution in [-0.2, 0) is 0 Å². The molecule has 2 aromatic heterocycles. The Hall–Kier alpha value is -3.09. The lowest BCUT2D eigenvalue weighted by atomic mass is 10.0. The summed E-state index contributed by atoms with van der Waals surface area (Å²) < 4.78 is 0. The number of nitrogens with zero attached hydrogens (tertiary/aromatic N) is 6. The minimum atomic E-state index is 0.0846. The molecule has 1 amide bonds. The molecule has 7 nitrogen and oxygen atoms in total. The molecule has 5 rings (SSSR count). The molecule has 1 aromatic carbocycles. The molecular formula is C20H20N6O. The highest BCUT2D eigenvalue weighted by Crippen LogP contribution is 2.34. The van der Waals surface area contributed by atoms with Gasteiger partial charge in [0.05, 0.1) is 11.0 Å². The standard InChI is InChI=1S/C20H20N6O/c1-13-6-19(24-12-23-13)25-8-15-10-26(11-16(15)9-25)20(27)14-2-3-17-18(7-14)22-5-4-21-17/h2-7,12,15-16H,8-11H2,1H3. The average Bonchev–Trinajstić information content (AvgIpc) is 3.26. The minimum absolute atomic E-state index is 0.0846. The fourth-order valence-electron chi connectivity index (χ4n) is 4.24. The monoisotopic (exact) mass is 360 g/mol. The van der Waals surface area contributed by atoms with E-state index in [4.69, 9.17) is 0 Å². The van der Waals surface area contributed by atoms with Gasteiger partial charge in [-0.3, -0.25) is 14.8 Å². The van der Waals surface area contributed by atoms with Crippen LogP contribution in [0.2, 0.25) is 0 Å². The summed E-state index contributed by atoms with van der Waals surface area (Å²) in [4.78, 5) is 34.4. The Morgan fingerprint density at radius 3 is 2.41 bits per heavy atom. The van der Waals surface area contributed by atoms with Gasteiger partial charge in [-0.1, -0.05) is 0 Å². The molecule has 2 aliphatic heterocycles. The second-order valence-corrected chi connectivity index (χ2v) is 7.41. The van der Waals surface area contributed by atoms with Crippen LogP contribution in [0.15, 0.2) is 43.0 Å². The van der Waals surface area contributed by atoms with Crippen LogP contribution in [0.25, 0.3) is 11.0 Å². The number of carbonyl (C=O) groups is 1. The third kappa shape index (κ3) is 2.89. The Bertz CT molecular complexity index is 1010. The normalized spacial score (nSPS) is 21.7. The number of hydrogen-bond donors (Lipinski definition) is 0. The van der Waals surface area contributed by atoms with Crippen LogP contribution in [0.1, 0.15) is 16.1 Å². The minimum Gasteiger partial charge on any atom is -0.356 e. The molecule has 0 radical (unpaired) electrons. The summed E-state index contributed by atoms with van der Waals surface area (Å²) in [6.45, 7) is 5.45. The van der Waals surface area contributed by atoms with E-state index in [0.717, 1.165) is 48.7 Å². The summed E-state index contributed by atoms with van der Waals surface area (Å²) in [5.74, 6) is 2.05. The predicted molar refractivity (Wildman–Crippen MR) is 101 cm³/mol. The first kappa shape index (κ1) is 16.1. The lowest BCUT2D eigenvalue weighted by Crippen LogP contribution is -2.33. The number of anilines is 1. The maximum absolute atomic E-state index is 13.0. The van der Waals surface area contributed by atoms with Crippen molar-refractivity contribution in [1.82, 2.24) is 24.8 Å². The number of likely N-dealkylation sites (tertiary alicyclic amines) is 1. The fourth-order valence-corrected chi connectivity index (χ4v) is 4.24. The molecule has 0 aliphatic carbocycles. The molecule has 4 heterocycles. The van der Waals surface area contributed by atoms with Gasteiger partial charge in [0, 0.05) is 67.7 Å². The van der Waals surface area contributed by atoms with Crippen LogP contribution in [0.3, 0.4) is 0 Å². The fraction of sp³-hybridized carbons (Fsp3) is 0.350. The number of rotatable bonds is 2. The molecule has 136 valence electrons. The van der Waals surface area contributed by atoms with Gasteiger partial charge in [0.2, 0.25) is 0 Å². The van der Waals surface area contributed by atoms with E-state index >= 15 is 0 Å². The Morgan fingerprint density at radius 2 is 1.67 bits per heavy atom. The van der Waals surface area contributed by atoms with Gasteiger partial charge in [-0.15, -0.1) is 0 Å². The van der Waals surface area contributed by atoms with Gasteiger partial charge >= 0.3 is 0 Å². The molecule has 7 heteroatoms. The van der Waals surface area contributed by atoms with E-state index < -0.39 is 0 Å². The van der Waals surface area contributed by atoms with Crippen LogP contribution in [0.4, 0.5) is 5.82 Å². The summed E-state index contributed by atoms with van der Waals surface area (Å²) in [6.07, 6.45) is 4.94. The third-order valence-corrected chi connectivity index (χ3v) is 5.60. The van der Waals surface area contributed by atoms with E-state index in [1.165, 1.54) is 0 Å². The molecule has 2 atom stereocenters. The number of hydrogen-bond acceptors (Lipinski definition) is 6. The van der Waals surface area contributed by atoms with Crippen molar-refractivity contribution in [2.45, 2.75) is 6.92 Å². The van der Waals surface area contributed by atoms with Gasteiger partial charge in [0.15, 0.2) is 0 Å². The Labute approximate surface area is 157 Å². The summed E-state index contributed by atoms with van der Waals surface area (Å²) in [5, 5.41) is 0. The molecule has 2 saturated heterocycles. The van der Waals surface area contributed by atoms with Crippen LogP contribution in [0, 0.1) is 18.8 Å². The van der Waals surface area contributed by atoms with Gasteiger partial charge < -0.3 is 9.80 Å². The van der Waals surface area contributed by atoms with Crippen molar-refractivity contribution in [3.8, 4) is 0 Å².